The quantitative estimate of drug-likeness (QED) is 0.851. The summed E-state index contributed by atoms with van der Waals surface area (Å²) in [5.74, 6) is -1.06. The van der Waals surface area contributed by atoms with Crippen molar-refractivity contribution in [2.75, 3.05) is 19.6 Å². The minimum absolute atomic E-state index is 0.0430. The maximum atomic E-state index is 13.3. The molecule has 0 saturated heterocycles. The van der Waals surface area contributed by atoms with Crippen LogP contribution in [0.4, 0.5) is 9.18 Å². The fourth-order valence-corrected chi connectivity index (χ4v) is 3.64. The highest BCUT2D eigenvalue weighted by molar-refractivity contribution is 5.75. The topological polar surface area (TPSA) is 72.9 Å². The summed E-state index contributed by atoms with van der Waals surface area (Å²) in [5, 5.41) is 12.0. The average Bonchev–Trinajstić information content (AvgIpc) is 2.55. The van der Waals surface area contributed by atoms with Crippen molar-refractivity contribution in [2.45, 2.75) is 44.8 Å². The summed E-state index contributed by atoms with van der Waals surface area (Å²) in [5.41, 5.74) is 1.97. The number of carboxylic acids is 1. The molecule has 6 nitrogen and oxygen atoms in total. The van der Waals surface area contributed by atoms with Crippen LogP contribution in [0.2, 0.25) is 0 Å². The number of carbonyl (C=O) groups is 2. The monoisotopic (exact) mass is 349 g/mol. The third-order valence-corrected chi connectivity index (χ3v) is 5.17. The number of carbonyl (C=O) groups excluding carboxylic acids is 1. The summed E-state index contributed by atoms with van der Waals surface area (Å²) >= 11 is 0. The van der Waals surface area contributed by atoms with Crippen molar-refractivity contribution in [3.63, 3.8) is 0 Å². The van der Waals surface area contributed by atoms with E-state index in [1.807, 2.05) is 11.8 Å². The highest BCUT2D eigenvalue weighted by Crippen LogP contribution is 2.26. The van der Waals surface area contributed by atoms with Gasteiger partial charge < -0.3 is 15.3 Å². The second kappa shape index (κ2) is 7.39. The number of halogens is 1. The Bertz CT molecular complexity index is 661. The van der Waals surface area contributed by atoms with E-state index in [0.29, 0.717) is 26.1 Å². The fourth-order valence-electron chi connectivity index (χ4n) is 3.64. The molecule has 1 fully saturated rings. The first kappa shape index (κ1) is 17.7. The summed E-state index contributed by atoms with van der Waals surface area (Å²) in [6, 6.07) is 4.93. The number of carboxylic acid groups (broad SMARTS) is 1. The highest BCUT2D eigenvalue weighted by Gasteiger charge is 2.35. The number of fused-ring (bicyclic) bond motifs is 1. The predicted octanol–water partition coefficient (Wildman–Crippen LogP) is 1.83. The maximum absolute atomic E-state index is 13.3. The van der Waals surface area contributed by atoms with Gasteiger partial charge in [-0.15, -0.1) is 0 Å². The van der Waals surface area contributed by atoms with Gasteiger partial charge in [-0.3, -0.25) is 9.69 Å². The Morgan fingerprint density at radius 2 is 2.12 bits per heavy atom. The van der Waals surface area contributed by atoms with Gasteiger partial charge in [0.15, 0.2) is 0 Å². The number of urea groups is 1. The van der Waals surface area contributed by atoms with Crippen molar-refractivity contribution in [1.82, 2.24) is 15.1 Å². The number of hydrogen-bond acceptors (Lipinski definition) is 3. The molecule has 0 unspecified atom stereocenters. The van der Waals surface area contributed by atoms with Crippen LogP contribution in [0.3, 0.4) is 0 Å². The molecule has 0 spiro atoms. The zero-order valence-corrected chi connectivity index (χ0v) is 14.4. The van der Waals surface area contributed by atoms with Crippen LogP contribution in [0, 0.1) is 5.82 Å². The summed E-state index contributed by atoms with van der Waals surface area (Å²) in [4.78, 5) is 27.0. The zero-order chi connectivity index (χ0) is 18.0. The van der Waals surface area contributed by atoms with Crippen LogP contribution >= 0.6 is 0 Å². The van der Waals surface area contributed by atoms with E-state index in [9.17, 15) is 14.0 Å². The second-order valence-corrected chi connectivity index (χ2v) is 6.81. The van der Waals surface area contributed by atoms with E-state index in [0.717, 1.165) is 24.0 Å². The molecule has 1 aliphatic carbocycles. The van der Waals surface area contributed by atoms with E-state index in [1.165, 1.54) is 6.07 Å². The van der Waals surface area contributed by atoms with Gasteiger partial charge in [0.05, 0.1) is 6.54 Å². The SMILES string of the molecule is CCN(CC(=O)O)C1CC(NC(=O)N2CCc3cc(F)ccc3C2)C1. The first-order valence-electron chi connectivity index (χ1n) is 8.75. The Kier molecular flexibility index (Phi) is 5.22. The molecular weight excluding hydrogens is 325 g/mol. The summed E-state index contributed by atoms with van der Waals surface area (Å²) in [6.07, 6.45) is 2.22. The molecule has 2 aliphatic rings. The van der Waals surface area contributed by atoms with Gasteiger partial charge in [-0.25, -0.2) is 9.18 Å². The normalized spacial score (nSPS) is 22.3. The molecule has 0 aromatic heterocycles. The van der Waals surface area contributed by atoms with Crippen molar-refractivity contribution in [3.8, 4) is 0 Å². The van der Waals surface area contributed by atoms with E-state index >= 15 is 0 Å². The number of aliphatic carboxylic acids is 1. The van der Waals surface area contributed by atoms with E-state index in [1.54, 1.807) is 17.0 Å². The molecule has 3 rings (SSSR count). The lowest BCUT2D eigenvalue weighted by Crippen LogP contribution is -2.57. The molecule has 2 N–H and O–H groups in total. The van der Waals surface area contributed by atoms with Gasteiger partial charge in [-0.1, -0.05) is 13.0 Å². The van der Waals surface area contributed by atoms with Gasteiger partial charge in [-0.05, 0) is 49.1 Å². The Labute approximate surface area is 146 Å². The van der Waals surface area contributed by atoms with Gasteiger partial charge in [0.25, 0.3) is 0 Å². The zero-order valence-electron chi connectivity index (χ0n) is 14.4. The third kappa shape index (κ3) is 4.10. The van der Waals surface area contributed by atoms with Crippen LogP contribution in [-0.4, -0.2) is 58.6 Å². The lowest BCUT2D eigenvalue weighted by Gasteiger charge is -2.43. The standard InChI is InChI=1S/C18H24FN3O3/c1-2-21(11-17(23)24)16-8-15(9-16)20-18(25)22-6-5-12-7-14(19)4-3-13(12)10-22/h3-4,7,15-16H,2,5-6,8-11H2,1H3,(H,20,25)(H,23,24). The van der Waals surface area contributed by atoms with Gasteiger partial charge in [0.1, 0.15) is 5.82 Å². The Morgan fingerprint density at radius 1 is 1.36 bits per heavy atom. The number of benzene rings is 1. The average molecular weight is 349 g/mol. The van der Waals surface area contributed by atoms with E-state index in [2.05, 4.69) is 5.32 Å². The maximum Gasteiger partial charge on any atom is 0.317 e. The molecule has 1 aliphatic heterocycles. The van der Waals surface area contributed by atoms with Crippen LogP contribution in [0.5, 0.6) is 0 Å². The van der Waals surface area contributed by atoms with Crippen molar-refractivity contribution >= 4 is 12.0 Å². The minimum atomic E-state index is -0.822. The van der Waals surface area contributed by atoms with Crippen LogP contribution in [-0.2, 0) is 17.8 Å². The molecule has 7 heteroatoms. The summed E-state index contributed by atoms with van der Waals surface area (Å²) in [7, 11) is 0. The van der Waals surface area contributed by atoms with E-state index in [-0.39, 0.29) is 30.5 Å². The van der Waals surface area contributed by atoms with Gasteiger partial charge in [-0.2, -0.15) is 0 Å². The number of nitrogens with zero attached hydrogens (tertiary/aromatic N) is 2. The molecule has 0 atom stereocenters. The van der Waals surface area contributed by atoms with Crippen LogP contribution in [0.15, 0.2) is 18.2 Å². The third-order valence-electron chi connectivity index (χ3n) is 5.17. The lowest BCUT2D eigenvalue weighted by molar-refractivity contribution is -0.139. The van der Waals surface area contributed by atoms with E-state index in [4.69, 9.17) is 5.11 Å². The smallest absolute Gasteiger partial charge is 0.317 e. The van der Waals surface area contributed by atoms with Crippen LogP contribution < -0.4 is 5.32 Å². The van der Waals surface area contributed by atoms with Crippen molar-refractivity contribution in [1.29, 1.82) is 0 Å². The van der Waals surface area contributed by atoms with Gasteiger partial charge in [0.2, 0.25) is 0 Å². The molecule has 0 radical (unpaired) electrons. The highest BCUT2D eigenvalue weighted by atomic mass is 19.1. The number of rotatable bonds is 5. The Morgan fingerprint density at radius 3 is 2.80 bits per heavy atom. The molecule has 1 saturated carbocycles. The van der Waals surface area contributed by atoms with Gasteiger partial charge >= 0.3 is 12.0 Å². The number of amides is 2. The molecular formula is C18H24FN3O3. The second-order valence-electron chi connectivity index (χ2n) is 6.81. The molecule has 0 bridgehead atoms. The molecule has 2 amide bonds. The van der Waals surface area contributed by atoms with Crippen molar-refractivity contribution in [3.05, 3.63) is 35.1 Å². The molecule has 1 aromatic rings. The summed E-state index contributed by atoms with van der Waals surface area (Å²) in [6.45, 7) is 3.76. The van der Waals surface area contributed by atoms with E-state index < -0.39 is 5.97 Å². The molecule has 1 heterocycles. The van der Waals surface area contributed by atoms with Crippen LogP contribution in [0.25, 0.3) is 0 Å². The first-order valence-corrected chi connectivity index (χ1v) is 8.75. The minimum Gasteiger partial charge on any atom is -0.480 e. The molecule has 25 heavy (non-hydrogen) atoms. The van der Waals surface area contributed by atoms with Gasteiger partial charge in [0, 0.05) is 25.2 Å². The molecule has 136 valence electrons. The fraction of sp³-hybridized carbons (Fsp3) is 0.556. The predicted molar refractivity (Wildman–Crippen MR) is 90.7 cm³/mol. The summed E-state index contributed by atoms with van der Waals surface area (Å²) < 4.78 is 13.3. The van der Waals surface area contributed by atoms with Crippen molar-refractivity contribution in [2.24, 2.45) is 0 Å². The largest absolute Gasteiger partial charge is 0.480 e. The van der Waals surface area contributed by atoms with Crippen LogP contribution in [0.1, 0.15) is 30.9 Å². The number of likely N-dealkylation sites (N-methyl/N-ethyl adjacent to an activating group) is 1. The lowest BCUT2D eigenvalue weighted by atomic mass is 9.85. The van der Waals surface area contributed by atoms with Crippen molar-refractivity contribution < 1.29 is 19.1 Å². The number of nitrogens with one attached hydrogen (secondary N) is 1. The first-order chi connectivity index (χ1) is 12.0. The number of hydrogen-bond donors (Lipinski definition) is 2. The Balaban J connectivity index is 1.48. The molecule has 1 aromatic carbocycles. The Hall–Kier alpha value is -2.15.